The van der Waals surface area contributed by atoms with E-state index >= 15 is 0 Å². The summed E-state index contributed by atoms with van der Waals surface area (Å²) in [7, 11) is 0. The molecule has 3 rings (SSSR count). The first-order valence-corrected chi connectivity index (χ1v) is 7.14. The number of hydrogen-bond donors (Lipinski definition) is 1. The second kappa shape index (κ2) is 5.09. The summed E-state index contributed by atoms with van der Waals surface area (Å²) in [5.74, 6) is 1.05. The Balaban J connectivity index is 1.41. The Kier molecular flexibility index (Phi) is 3.50. The van der Waals surface area contributed by atoms with Gasteiger partial charge in [0, 0.05) is 52.4 Å². The monoisotopic (exact) mass is 235 g/mol. The molecule has 17 heavy (non-hydrogen) atoms. The molecule has 1 N–H and O–H groups in total. The smallest absolute Gasteiger partial charge is 0.0194 e. The molecule has 2 aliphatic heterocycles. The topological polar surface area (TPSA) is 18.5 Å². The van der Waals surface area contributed by atoms with Crippen LogP contribution in [0.3, 0.4) is 0 Å². The van der Waals surface area contributed by atoms with Crippen LogP contribution in [0.4, 0.5) is 0 Å². The third-order valence-corrected chi connectivity index (χ3v) is 4.42. The first kappa shape index (κ1) is 11.7. The Morgan fingerprint density at radius 1 is 1.12 bits per heavy atom. The normalized spacial score (nSPS) is 27.0. The van der Waals surface area contributed by atoms with Crippen LogP contribution in [0.2, 0.25) is 0 Å². The SMILES string of the molecule is CC(CN1CCN(CC2CC2)CC1)=C1CNC1. The molecule has 0 unspecified atom stereocenters. The molecule has 0 aromatic rings. The molecule has 2 heterocycles. The van der Waals surface area contributed by atoms with Crippen molar-refractivity contribution in [1.82, 2.24) is 15.1 Å². The summed E-state index contributed by atoms with van der Waals surface area (Å²) in [6.45, 7) is 12.3. The average Bonchev–Trinajstić information content (AvgIpc) is 3.02. The predicted octanol–water partition coefficient (Wildman–Crippen LogP) is 0.934. The highest BCUT2D eigenvalue weighted by Gasteiger charge is 2.26. The van der Waals surface area contributed by atoms with E-state index in [1.54, 1.807) is 11.1 Å². The van der Waals surface area contributed by atoms with Crippen molar-refractivity contribution in [1.29, 1.82) is 0 Å². The molecule has 0 aromatic heterocycles. The molecular weight excluding hydrogens is 210 g/mol. The average molecular weight is 235 g/mol. The van der Waals surface area contributed by atoms with Crippen LogP contribution in [0.1, 0.15) is 19.8 Å². The fraction of sp³-hybridized carbons (Fsp3) is 0.857. The lowest BCUT2D eigenvalue weighted by atomic mass is 10.0. The molecule has 1 aliphatic carbocycles. The van der Waals surface area contributed by atoms with Crippen molar-refractivity contribution in [3.63, 3.8) is 0 Å². The Bertz CT molecular complexity index is 293. The van der Waals surface area contributed by atoms with Gasteiger partial charge in [0.1, 0.15) is 0 Å². The minimum atomic E-state index is 1.05. The Labute approximate surface area is 105 Å². The van der Waals surface area contributed by atoms with Crippen LogP contribution in [0.15, 0.2) is 11.1 Å². The largest absolute Gasteiger partial charge is 0.309 e. The highest BCUT2D eigenvalue weighted by atomic mass is 15.3. The van der Waals surface area contributed by atoms with E-state index < -0.39 is 0 Å². The van der Waals surface area contributed by atoms with E-state index in [-0.39, 0.29) is 0 Å². The summed E-state index contributed by atoms with van der Waals surface area (Å²) < 4.78 is 0. The van der Waals surface area contributed by atoms with Crippen LogP contribution in [0, 0.1) is 5.92 Å². The van der Waals surface area contributed by atoms with E-state index in [0.29, 0.717) is 0 Å². The first-order chi connectivity index (χ1) is 8.31. The van der Waals surface area contributed by atoms with Gasteiger partial charge >= 0.3 is 0 Å². The number of hydrogen-bond acceptors (Lipinski definition) is 3. The first-order valence-electron chi connectivity index (χ1n) is 7.14. The van der Waals surface area contributed by atoms with Gasteiger partial charge in [0.05, 0.1) is 0 Å². The molecule has 0 aromatic carbocycles. The van der Waals surface area contributed by atoms with Gasteiger partial charge in [-0.25, -0.2) is 0 Å². The maximum absolute atomic E-state index is 3.33. The van der Waals surface area contributed by atoms with Crippen molar-refractivity contribution < 1.29 is 0 Å². The molecule has 3 heteroatoms. The lowest BCUT2D eigenvalue weighted by Crippen LogP contribution is -2.47. The van der Waals surface area contributed by atoms with E-state index in [4.69, 9.17) is 0 Å². The van der Waals surface area contributed by atoms with Gasteiger partial charge in [-0.2, -0.15) is 0 Å². The van der Waals surface area contributed by atoms with Crippen molar-refractivity contribution in [2.45, 2.75) is 19.8 Å². The van der Waals surface area contributed by atoms with Crippen LogP contribution < -0.4 is 5.32 Å². The van der Waals surface area contributed by atoms with Crippen molar-refractivity contribution in [3.05, 3.63) is 11.1 Å². The fourth-order valence-electron chi connectivity index (χ4n) is 2.79. The van der Waals surface area contributed by atoms with Crippen molar-refractivity contribution in [2.75, 3.05) is 52.4 Å². The number of nitrogens with zero attached hydrogens (tertiary/aromatic N) is 2. The lowest BCUT2D eigenvalue weighted by Gasteiger charge is -2.35. The molecular formula is C14H25N3. The lowest BCUT2D eigenvalue weighted by molar-refractivity contribution is 0.136. The van der Waals surface area contributed by atoms with Crippen molar-refractivity contribution >= 4 is 0 Å². The maximum Gasteiger partial charge on any atom is 0.0194 e. The van der Waals surface area contributed by atoms with Gasteiger partial charge < -0.3 is 10.2 Å². The third kappa shape index (κ3) is 3.09. The molecule has 0 radical (unpaired) electrons. The zero-order chi connectivity index (χ0) is 11.7. The van der Waals surface area contributed by atoms with Gasteiger partial charge in [0.15, 0.2) is 0 Å². The summed E-state index contributed by atoms with van der Waals surface area (Å²) in [6.07, 6.45) is 2.97. The number of nitrogens with one attached hydrogen (secondary N) is 1. The van der Waals surface area contributed by atoms with E-state index in [2.05, 4.69) is 22.0 Å². The van der Waals surface area contributed by atoms with Gasteiger partial charge in [-0.15, -0.1) is 0 Å². The zero-order valence-electron chi connectivity index (χ0n) is 11.0. The molecule has 0 amide bonds. The van der Waals surface area contributed by atoms with Gasteiger partial charge in [-0.05, 0) is 31.3 Å². The second-order valence-corrected chi connectivity index (χ2v) is 6.01. The summed E-state index contributed by atoms with van der Waals surface area (Å²) >= 11 is 0. The quantitative estimate of drug-likeness (QED) is 0.732. The van der Waals surface area contributed by atoms with Gasteiger partial charge in [-0.1, -0.05) is 5.57 Å². The zero-order valence-corrected chi connectivity index (χ0v) is 11.0. The molecule has 2 saturated heterocycles. The van der Waals surface area contributed by atoms with Crippen LogP contribution in [0.5, 0.6) is 0 Å². The highest BCUT2D eigenvalue weighted by molar-refractivity contribution is 5.22. The predicted molar refractivity (Wildman–Crippen MR) is 71.2 cm³/mol. The van der Waals surface area contributed by atoms with Crippen LogP contribution in [-0.4, -0.2) is 62.2 Å². The standard InChI is InChI=1S/C14H25N3/c1-12(14-8-15-9-14)10-16-4-6-17(7-5-16)11-13-2-3-13/h13,15H,2-11H2,1H3. The van der Waals surface area contributed by atoms with Gasteiger partial charge in [0.25, 0.3) is 0 Å². The molecule has 3 fully saturated rings. The van der Waals surface area contributed by atoms with Crippen LogP contribution in [-0.2, 0) is 0 Å². The van der Waals surface area contributed by atoms with Crippen molar-refractivity contribution in [2.24, 2.45) is 5.92 Å². The van der Waals surface area contributed by atoms with E-state index in [0.717, 1.165) is 19.0 Å². The molecule has 3 aliphatic rings. The molecule has 96 valence electrons. The fourth-order valence-corrected chi connectivity index (χ4v) is 2.79. The minimum Gasteiger partial charge on any atom is -0.309 e. The summed E-state index contributed by atoms with van der Waals surface area (Å²) in [6, 6.07) is 0. The van der Waals surface area contributed by atoms with E-state index in [9.17, 15) is 0 Å². The minimum absolute atomic E-state index is 1.05. The van der Waals surface area contributed by atoms with Gasteiger partial charge in [-0.3, -0.25) is 4.90 Å². The Morgan fingerprint density at radius 3 is 2.29 bits per heavy atom. The molecule has 0 atom stereocenters. The summed E-state index contributed by atoms with van der Waals surface area (Å²) in [4.78, 5) is 5.30. The van der Waals surface area contributed by atoms with Gasteiger partial charge in [0.2, 0.25) is 0 Å². The molecule has 0 spiro atoms. The summed E-state index contributed by atoms with van der Waals surface area (Å²) in [5.41, 5.74) is 3.25. The second-order valence-electron chi connectivity index (χ2n) is 6.01. The molecule has 0 bridgehead atoms. The third-order valence-electron chi connectivity index (χ3n) is 4.42. The van der Waals surface area contributed by atoms with Crippen LogP contribution >= 0.6 is 0 Å². The highest BCUT2D eigenvalue weighted by Crippen LogP contribution is 2.29. The van der Waals surface area contributed by atoms with E-state index in [1.807, 2.05) is 0 Å². The van der Waals surface area contributed by atoms with E-state index in [1.165, 1.54) is 52.1 Å². The van der Waals surface area contributed by atoms with Crippen LogP contribution in [0.25, 0.3) is 0 Å². The molecule has 1 saturated carbocycles. The molecule has 3 nitrogen and oxygen atoms in total. The maximum atomic E-state index is 3.33. The number of piperazine rings is 1. The Morgan fingerprint density at radius 2 is 1.76 bits per heavy atom. The summed E-state index contributed by atoms with van der Waals surface area (Å²) in [5, 5.41) is 3.33. The Hall–Kier alpha value is -0.380. The van der Waals surface area contributed by atoms with Crippen molar-refractivity contribution in [3.8, 4) is 0 Å². The number of rotatable bonds is 4.